The molecule has 84 valence electrons. The summed E-state index contributed by atoms with van der Waals surface area (Å²) >= 11 is 0. The highest BCUT2D eigenvalue weighted by Gasteiger charge is 2.09. The van der Waals surface area contributed by atoms with E-state index in [1.54, 1.807) is 0 Å². The molecule has 0 unspecified atom stereocenters. The Labute approximate surface area is 97.8 Å². The molecule has 0 saturated heterocycles. The van der Waals surface area contributed by atoms with Gasteiger partial charge in [0.15, 0.2) is 0 Å². The zero-order chi connectivity index (χ0) is 12.3. The summed E-state index contributed by atoms with van der Waals surface area (Å²) in [6, 6.07) is 6.50. The van der Waals surface area contributed by atoms with Crippen LogP contribution in [0.4, 0.5) is 0 Å². The lowest BCUT2D eigenvalue weighted by Gasteiger charge is -2.12. The van der Waals surface area contributed by atoms with Gasteiger partial charge in [0.25, 0.3) is 0 Å². The van der Waals surface area contributed by atoms with Gasteiger partial charge in [0.05, 0.1) is 5.57 Å². The molecule has 2 nitrogen and oxygen atoms in total. The quantitative estimate of drug-likeness (QED) is 0.707. The van der Waals surface area contributed by atoms with Crippen molar-refractivity contribution in [3.63, 3.8) is 0 Å². The molecule has 1 aromatic carbocycles. The number of allylic oxidation sites excluding steroid dienone is 1. The molecule has 16 heavy (non-hydrogen) atoms. The average Bonchev–Trinajstić information content (AvgIpc) is 2.13. The van der Waals surface area contributed by atoms with Gasteiger partial charge in [-0.2, -0.15) is 5.26 Å². The lowest BCUT2D eigenvalue weighted by molar-refractivity contribution is 0.566. The standard InChI is InChI=1S/C14H18N2/c1-10-6-11(2)14(12(3)7-10)13(8-15)9-16(4)5/h6-7,9H,1-5H3/b13-9+. The highest BCUT2D eigenvalue weighted by molar-refractivity contribution is 5.80. The molecule has 1 rings (SSSR count). The molecule has 1 aromatic rings. The number of hydrogen-bond donors (Lipinski definition) is 0. The van der Waals surface area contributed by atoms with Crippen molar-refractivity contribution in [3.05, 3.63) is 40.6 Å². The summed E-state index contributed by atoms with van der Waals surface area (Å²) in [5.41, 5.74) is 5.34. The first-order chi connectivity index (χ1) is 7.45. The van der Waals surface area contributed by atoms with E-state index in [9.17, 15) is 5.26 Å². The molecule has 0 atom stereocenters. The summed E-state index contributed by atoms with van der Waals surface area (Å²) in [7, 11) is 3.85. The highest BCUT2D eigenvalue weighted by atomic mass is 15.0. The van der Waals surface area contributed by atoms with Crippen LogP contribution in [-0.2, 0) is 0 Å². The van der Waals surface area contributed by atoms with Crippen LogP contribution in [0.25, 0.3) is 5.57 Å². The Morgan fingerprint density at radius 2 is 1.69 bits per heavy atom. The first kappa shape index (κ1) is 12.3. The molecule has 0 aliphatic carbocycles. The maximum atomic E-state index is 9.20. The lowest BCUT2D eigenvalue weighted by Crippen LogP contribution is -2.03. The molecule has 0 fully saturated rings. The van der Waals surface area contributed by atoms with E-state index in [0.29, 0.717) is 0 Å². The van der Waals surface area contributed by atoms with Gasteiger partial charge in [-0.1, -0.05) is 17.7 Å². The monoisotopic (exact) mass is 214 g/mol. The summed E-state index contributed by atoms with van der Waals surface area (Å²) in [4.78, 5) is 1.90. The van der Waals surface area contributed by atoms with Crippen molar-refractivity contribution >= 4 is 5.57 Å². The fourth-order valence-electron chi connectivity index (χ4n) is 2.01. The van der Waals surface area contributed by atoms with Gasteiger partial charge in [-0.25, -0.2) is 0 Å². The third-order valence-electron chi connectivity index (χ3n) is 2.45. The van der Waals surface area contributed by atoms with Crippen molar-refractivity contribution in [2.45, 2.75) is 20.8 Å². The van der Waals surface area contributed by atoms with Gasteiger partial charge in [0.1, 0.15) is 6.07 Å². The maximum Gasteiger partial charge on any atom is 0.101 e. The van der Waals surface area contributed by atoms with Crippen molar-refractivity contribution in [3.8, 4) is 6.07 Å². The minimum Gasteiger partial charge on any atom is -0.382 e. The minimum absolute atomic E-state index is 0.722. The van der Waals surface area contributed by atoms with Crippen molar-refractivity contribution in [2.75, 3.05) is 14.1 Å². The van der Waals surface area contributed by atoms with Gasteiger partial charge < -0.3 is 4.90 Å². The van der Waals surface area contributed by atoms with E-state index in [0.717, 1.165) is 22.3 Å². The van der Waals surface area contributed by atoms with Gasteiger partial charge in [0, 0.05) is 20.3 Å². The third-order valence-corrected chi connectivity index (χ3v) is 2.45. The van der Waals surface area contributed by atoms with E-state index in [4.69, 9.17) is 0 Å². The molecule has 2 heteroatoms. The number of nitrogens with zero attached hydrogens (tertiary/aromatic N) is 2. The second kappa shape index (κ2) is 4.85. The van der Waals surface area contributed by atoms with Gasteiger partial charge in [-0.05, 0) is 37.5 Å². The topological polar surface area (TPSA) is 27.0 Å². The Balaban J connectivity index is 3.38. The smallest absolute Gasteiger partial charge is 0.101 e. The van der Waals surface area contributed by atoms with Crippen molar-refractivity contribution < 1.29 is 0 Å². The molecule has 0 saturated carbocycles. The van der Waals surface area contributed by atoms with Crippen LogP contribution in [0, 0.1) is 32.1 Å². The molecule has 0 radical (unpaired) electrons. The van der Waals surface area contributed by atoms with Crippen molar-refractivity contribution in [1.29, 1.82) is 5.26 Å². The molecule has 0 bridgehead atoms. The number of hydrogen-bond acceptors (Lipinski definition) is 2. The molecular formula is C14H18N2. The summed E-state index contributed by atoms with van der Waals surface area (Å²) in [6.45, 7) is 6.18. The SMILES string of the molecule is Cc1cc(C)c(/C(C#N)=C/N(C)C)c(C)c1. The predicted molar refractivity (Wildman–Crippen MR) is 67.9 cm³/mol. The maximum absolute atomic E-state index is 9.20. The molecular weight excluding hydrogens is 196 g/mol. The molecule has 0 aliphatic heterocycles. The molecule has 0 spiro atoms. The zero-order valence-corrected chi connectivity index (χ0v) is 10.6. The second-order valence-electron chi connectivity index (χ2n) is 4.39. The number of aryl methyl sites for hydroxylation is 3. The molecule has 0 N–H and O–H groups in total. The van der Waals surface area contributed by atoms with Crippen LogP contribution in [0.1, 0.15) is 22.3 Å². The Bertz CT molecular complexity index is 439. The highest BCUT2D eigenvalue weighted by Crippen LogP contribution is 2.24. The molecule has 0 aliphatic rings. The number of benzene rings is 1. The van der Waals surface area contributed by atoms with Crippen LogP contribution in [0.15, 0.2) is 18.3 Å². The van der Waals surface area contributed by atoms with Gasteiger partial charge >= 0.3 is 0 Å². The normalized spacial score (nSPS) is 11.1. The third kappa shape index (κ3) is 2.64. The molecule has 0 heterocycles. The van der Waals surface area contributed by atoms with Crippen LogP contribution in [-0.4, -0.2) is 19.0 Å². The largest absolute Gasteiger partial charge is 0.382 e. The summed E-state index contributed by atoms with van der Waals surface area (Å²) in [5.74, 6) is 0. The van der Waals surface area contributed by atoms with Crippen LogP contribution >= 0.6 is 0 Å². The van der Waals surface area contributed by atoms with Crippen molar-refractivity contribution in [1.82, 2.24) is 4.90 Å². The molecule has 0 aromatic heterocycles. The summed E-state index contributed by atoms with van der Waals surface area (Å²) in [6.07, 6.45) is 1.87. The van der Waals surface area contributed by atoms with E-state index < -0.39 is 0 Å². The second-order valence-corrected chi connectivity index (χ2v) is 4.39. The first-order valence-electron chi connectivity index (χ1n) is 5.32. The average molecular weight is 214 g/mol. The van der Waals surface area contributed by atoms with E-state index in [2.05, 4.69) is 39.0 Å². The Morgan fingerprint density at radius 3 is 2.06 bits per heavy atom. The van der Waals surface area contributed by atoms with Crippen LogP contribution in [0.5, 0.6) is 0 Å². The first-order valence-corrected chi connectivity index (χ1v) is 5.32. The van der Waals surface area contributed by atoms with Gasteiger partial charge in [-0.15, -0.1) is 0 Å². The van der Waals surface area contributed by atoms with Crippen molar-refractivity contribution in [2.24, 2.45) is 0 Å². The minimum atomic E-state index is 0.722. The fraction of sp³-hybridized carbons (Fsp3) is 0.357. The Kier molecular flexibility index (Phi) is 3.73. The summed E-state index contributed by atoms with van der Waals surface area (Å²) in [5, 5.41) is 9.20. The Hall–Kier alpha value is -1.75. The van der Waals surface area contributed by atoms with Crippen LogP contribution in [0.2, 0.25) is 0 Å². The van der Waals surface area contributed by atoms with E-state index in [-0.39, 0.29) is 0 Å². The van der Waals surface area contributed by atoms with E-state index in [1.165, 1.54) is 5.56 Å². The number of nitriles is 1. The predicted octanol–water partition coefficient (Wildman–Crippen LogP) is 3.04. The lowest BCUT2D eigenvalue weighted by atomic mass is 9.95. The Morgan fingerprint density at radius 1 is 1.19 bits per heavy atom. The molecule has 0 amide bonds. The van der Waals surface area contributed by atoms with Crippen LogP contribution < -0.4 is 0 Å². The van der Waals surface area contributed by atoms with Gasteiger partial charge in [0.2, 0.25) is 0 Å². The summed E-state index contributed by atoms with van der Waals surface area (Å²) < 4.78 is 0. The van der Waals surface area contributed by atoms with E-state index >= 15 is 0 Å². The number of rotatable bonds is 2. The zero-order valence-electron chi connectivity index (χ0n) is 10.6. The van der Waals surface area contributed by atoms with Crippen LogP contribution in [0.3, 0.4) is 0 Å². The van der Waals surface area contributed by atoms with E-state index in [1.807, 2.05) is 25.2 Å². The fourth-order valence-corrected chi connectivity index (χ4v) is 2.01. The van der Waals surface area contributed by atoms with Gasteiger partial charge in [-0.3, -0.25) is 0 Å².